The van der Waals surface area contributed by atoms with E-state index < -0.39 is 0 Å². The molecule has 2 heterocycles. The first-order chi connectivity index (χ1) is 9.72. The first-order valence-corrected chi connectivity index (χ1v) is 6.51. The zero-order valence-electron chi connectivity index (χ0n) is 11.6. The highest BCUT2D eigenvalue weighted by Crippen LogP contribution is 2.31. The molecule has 20 heavy (non-hydrogen) atoms. The van der Waals surface area contributed by atoms with Gasteiger partial charge in [0.05, 0.1) is 18.3 Å². The average molecular weight is 267 g/mol. The summed E-state index contributed by atoms with van der Waals surface area (Å²) in [5, 5.41) is 1.16. The van der Waals surface area contributed by atoms with Crippen molar-refractivity contribution in [2.24, 2.45) is 12.8 Å². The highest BCUT2D eigenvalue weighted by atomic mass is 16.5. The molecule has 0 saturated carbocycles. The predicted octanol–water partition coefficient (Wildman–Crippen LogP) is 2.71. The van der Waals surface area contributed by atoms with Gasteiger partial charge in [-0.2, -0.15) is 0 Å². The molecule has 0 spiro atoms. The Kier molecular flexibility index (Phi) is 3.16. The van der Waals surface area contributed by atoms with Gasteiger partial charge in [0, 0.05) is 43.0 Å². The third-order valence-electron chi connectivity index (χ3n) is 3.53. The van der Waals surface area contributed by atoms with Crippen molar-refractivity contribution in [3.05, 3.63) is 48.3 Å². The molecule has 102 valence electrons. The molecule has 4 heteroatoms. The molecule has 0 atom stereocenters. The van der Waals surface area contributed by atoms with Crippen LogP contribution in [-0.4, -0.2) is 16.7 Å². The van der Waals surface area contributed by atoms with Crippen molar-refractivity contribution < 1.29 is 4.74 Å². The zero-order chi connectivity index (χ0) is 14.1. The Hall–Kier alpha value is -2.33. The van der Waals surface area contributed by atoms with Gasteiger partial charge in [-0.25, -0.2) is 0 Å². The number of pyridine rings is 1. The molecule has 2 N–H and O–H groups in total. The fourth-order valence-electron chi connectivity index (χ4n) is 2.44. The summed E-state index contributed by atoms with van der Waals surface area (Å²) in [5.74, 6) is 0.855. The van der Waals surface area contributed by atoms with Crippen molar-refractivity contribution in [2.45, 2.75) is 6.54 Å². The Morgan fingerprint density at radius 2 is 2.10 bits per heavy atom. The van der Waals surface area contributed by atoms with Crippen LogP contribution in [0.1, 0.15) is 5.56 Å². The summed E-state index contributed by atoms with van der Waals surface area (Å²) in [6.45, 7) is 0.522. The molecule has 2 aromatic heterocycles. The number of aromatic nitrogens is 2. The fourth-order valence-corrected chi connectivity index (χ4v) is 2.44. The van der Waals surface area contributed by atoms with Gasteiger partial charge in [0.2, 0.25) is 0 Å². The van der Waals surface area contributed by atoms with E-state index in [1.54, 1.807) is 13.3 Å². The molecule has 0 fully saturated rings. The van der Waals surface area contributed by atoms with E-state index >= 15 is 0 Å². The molecular weight excluding hydrogens is 250 g/mol. The van der Waals surface area contributed by atoms with Crippen LogP contribution >= 0.6 is 0 Å². The standard InChI is InChI=1S/C16H17N3O/c1-19-10-14(15-7-11(9-17)5-6-18-15)13-4-3-12(20-2)8-16(13)19/h3-8,10H,9,17H2,1-2H3. The molecule has 3 aromatic rings. The molecule has 0 saturated heterocycles. The molecule has 1 aromatic carbocycles. The summed E-state index contributed by atoms with van der Waals surface area (Å²) in [5.41, 5.74) is 9.97. The van der Waals surface area contributed by atoms with Gasteiger partial charge in [-0.05, 0) is 29.8 Å². The van der Waals surface area contributed by atoms with E-state index in [1.807, 2.05) is 31.3 Å². The number of nitrogens with two attached hydrogens (primary N) is 1. The van der Waals surface area contributed by atoms with Crippen molar-refractivity contribution in [2.75, 3.05) is 7.11 Å². The Morgan fingerprint density at radius 3 is 2.85 bits per heavy atom. The largest absolute Gasteiger partial charge is 0.497 e. The van der Waals surface area contributed by atoms with Crippen molar-refractivity contribution in [1.29, 1.82) is 0 Å². The van der Waals surface area contributed by atoms with Crippen LogP contribution in [0.5, 0.6) is 5.75 Å². The maximum Gasteiger partial charge on any atom is 0.120 e. The second kappa shape index (κ2) is 4.98. The Labute approximate surface area is 117 Å². The highest BCUT2D eigenvalue weighted by molar-refractivity contribution is 5.95. The van der Waals surface area contributed by atoms with Crippen LogP contribution in [-0.2, 0) is 13.6 Å². The second-order valence-electron chi connectivity index (χ2n) is 4.79. The summed E-state index contributed by atoms with van der Waals surface area (Å²) in [4.78, 5) is 4.46. The van der Waals surface area contributed by atoms with Crippen LogP contribution in [0.4, 0.5) is 0 Å². The van der Waals surface area contributed by atoms with Gasteiger partial charge in [-0.1, -0.05) is 0 Å². The predicted molar refractivity (Wildman–Crippen MR) is 80.6 cm³/mol. The van der Waals surface area contributed by atoms with Gasteiger partial charge in [-0.3, -0.25) is 4.98 Å². The smallest absolute Gasteiger partial charge is 0.120 e. The molecule has 0 aliphatic carbocycles. The molecule has 0 aliphatic rings. The highest BCUT2D eigenvalue weighted by Gasteiger charge is 2.10. The number of ether oxygens (including phenoxy) is 1. The summed E-state index contributed by atoms with van der Waals surface area (Å²) in [6.07, 6.45) is 3.90. The lowest BCUT2D eigenvalue weighted by Gasteiger charge is -2.03. The summed E-state index contributed by atoms with van der Waals surface area (Å²) >= 11 is 0. The van der Waals surface area contributed by atoms with E-state index in [1.165, 1.54) is 0 Å². The maximum absolute atomic E-state index is 5.70. The lowest BCUT2D eigenvalue weighted by Crippen LogP contribution is -1.96. The molecular formula is C16H17N3O. The van der Waals surface area contributed by atoms with Crippen molar-refractivity contribution in [3.63, 3.8) is 0 Å². The number of aryl methyl sites for hydroxylation is 1. The normalized spacial score (nSPS) is 10.9. The first-order valence-electron chi connectivity index (χ1n) is 6.51. The lowest BCUT2D eigenvalue weighted by atomic mass is 10.1. The zero-order valence-corrected chi connectivity index (χ0v) is 11.6. The average Bonchev–Trinajstić information content (AvgIpc) is 2.84. The van der Waals surface area contributed by atoms with Gasteiger partial charge in [0.1, 0.15) is 5.75 Å². The van der Waals surface area contributed by atoms with Gasteiger partial charge in [0.25, 0.3) is 0 Å². The molecule has 4 nitrogen and oxygen atoms in total. The van der Waals surface area contributed by atoms with Gasteiger partial charge in [0.15, 0.2) is 0 Å². The minimum atomic E-state index is 0.522. The number of nitrogens with zero attached hydrogens (tertiary/aromatic N) is 2. The van der Waals surface area contributed by atoms with E-state index in [4.69, 9.17) is 10.5 Å². The van der Waals surface area contributed by atoms with E-state index in [0.717, 1.165) is 33.5 Å². The summed E-state index contributed by atoms with van der Waals surface area (Å²) in [6, 6.07) is 10.1. The maximum atomic E-state index is 5.70. The van der Waals surface area contributed by atoms with Crippen molar-refractivity contribution >= 4 is 10.9 Å². The van der Waals surface area contributed by atoms with E-state index in [2.05, 4.69) is 21.8 Å². The third-order valence-corrected chi connectivity index (χ3v) is 3.53. The quantitative estimate of drug-likeness (QED) is 0.793. The third kappa shape index (κ3) is 2.04. The van der Waals surface area contributed by atoms with Gasteiger partial charge in [-0.15, -0.1) is 0 Å². The van der Waals surface area contributed by atoms with Crippen LogP contribution in [0, 0.1) is 0 Å². The molecule has 0 aliphatic heterocycles. The number of benzene rings is 1. The number of methoxy groups -OCH3 is 1. The topological polar surface area (TPSA) is 53.1 Å². The second-order valence-corrected chi connectivity index (χ2v) is 4.79. The molecule has 0 bridgehead atoms. The monoisotopic (exact) mass is 267 g/mol. The van der Waals surface area contributed by atoms with Crippen LogP contribution in [0.15, 0.2) is 42.7 Å². The number of hydrogen-bond donors (Lipinski definition) is 1. The van der Waals surface area contributed by atoms with E-state index in [9.17, 15) is 0 Å². The minimum absolute atomic E-state index is 0.522. The first kappa shape index (κ1) is 12.7. The van der Waals surface area contributed by atoms with E-state index in [-0.39, 0.29) is 0 Å². The number of hydrogen-bond acceptors (Lipinski definition) is 3. The number of rotatable bonds is 3. The van der Waals surface area contributed by atoms with E-state index in [0.29, 0.717) is 6.54 Å². The van der Waals surface area contributed by atoms with Crippen LogP contribution in [0.25, 0.3) is 22.2 Å². The van der Waals surface area contributed by atoms with Crippen LogP contribution in [0.2, 0.25) is 0 Å². The van der Waals surface area contributed by atoms with Crippen molar-refractivity contribution in [1.82, 2.24) is 9.55 Å². The summed E-state index contributed by atoms with van der Waals surface area (Å²) in [7, 11) is 3.70. The molecule has 0 unspecified atom stereocenters. The molecule has 0 radical (unpaired) electrons. The molecule has 3 rings (SSSR count). The van der Waals surface area contributed by atoms with Crippen LogP contribution < -0.4 is 10.5 Å². The van der Waals surface area contributed by atoms with Gasteiger partial charge < -0.3 is 15.0 Å². The van der Waals surface area contributed by atoms with Crippen LogP contribution in [0.3, 0.4) is 0 Å². The fraction of sp³-hybridized carbons (Fsp3) is 0.188. The van der Waals surface area contributed by atoms with Crippen molar-refractivity contribution in [3.8, 4) is 17.0 Å². The lowest BCUT2D eigenvalue weighted by molar-refractivity contribution is 0.415. The van der Waals surface area contributed by atoms with Gasteiger partial charge >= 0.3 is 0 Å². The number of fused-ring (bicyclic) bond motifs is 1. The Morgan fingerprint density at radius 1 is 1.25 bits per heavy atom. The molecule has 0 amide bonds. The Balaban J connectivity index is 2.21. The summed E-state index contributed by atoms with van der Waals surface area (Å²) < 4.78 is 7.37. The minimum Gasteiger partial charge on any atom is -0.497 e. The SMILES string of the molecule is COc1ccc2c(-c3cc(CN)ccn3)cn(C)c2c1. The Bertz CT molecular complexity index is 762.